The fourth-order valence-electron chi connectivity index (χ4n) is 1.59. The van der Waals surface area contributed by atoms with Crippen molar-refractivity contribution >= 4 is 10.9 Å². The molecule has 2 nitrogen and oxygen atoms in total. The van der Waals surface area contributed by atoms with Gasteiger partial charge in [-0.3, -0.25) is 0 Å². The van der Waals surface area contributed by atoms with Crippen LogP contribution in [0.3, 0.4) is 0 Å². The summed E-state index contributed by atoms with van der Waals surface area (Å²) in [5.41, 5.74) is 0.940. The Balaban J connectivity index is 2.66. The smallest absolute Gasteiger partial charge is 0.195 e. The van der Waals surface area contributed by atoms with Crippen LogP contribution in [0.4, 0.5) is 13.2 Å². The molecular formula is C11H11F3N2. The molecule has 1 aromatic carbocycles. The molecule has 1 aromatic heterocycles. The number of rotatable bonds is 2. The minimum atomic E-state index is -1.44. The molecule has 2 aromatic rings. The number of H-pyrrole nitrogens is 1. The van der Waals surface area contributed by atoms with Gasteiger partial charge in [-0.05, 0) is 20.0 Å². The first kappa shape index (κ1) is 11.0. The molecule has 0 saturated heterocycles. The molecule has 2 N–H and O–H groups in total. The van der Waals surface area contributed by atoms with E-state index in [0.717, 1.165) is 6.07 Å². The number of fused-ring (bicyclic) bond motifs is 1. The van der Waals surface area contributed by atoms with Gasteiger partial charge in [-0.25, -0.2) is 13.2 Å². The summed E-state index contributed by atoms with van der Waals surface area (Å²) in [5.74, 6) is -3.77. The Bertz CT molecular complexity index is 533. The van der Waals surface area contributed by atoms with Gasteiger partial charge < -0.3 is 10.3 Å². The third-order valence-electron chi connectivity index (χ3n) is 2.68. The summed E-state index contributed by atoms with van der Waals surface area (Å²) in [6, 6.07) is 2.39. The average Bonchev–Trinajstić information content (AvgIpc) is 2.69. The van der Waals surface area contributed by atoms with Crippen molar-refractivity contribution in [2.24, 2.45) is 0 Å². The van der Waals surface area contributed by atoms with E-state index in [9.17, 15) is 13.2 Å². The zero-order chi connectivity index (χ0) is 11.9. The maximum Gasteiger partial charge on any atom is 0.195 e. The first-order valence-electron chi connectivity index (χ1n) is 4.88. The van der Waals surface area contributed by atoms with Crippen molar-refractivity contribution < 1.29 is 13.2 Å². The second-order valence-electron chi connectivity index (χ2n) is 3.68. The van der Waals surface area contributed by atoms with Gasteiger partial charge in [-0.1, -0.05) is 0 Å². The monoisotopic (exact) mass is 228 g/mol. The topological polar surface area (TPSA) is 27.8 Å². The second kappa shape index (κ2) is 3.83. The first-order valence-corrected chi connectivity index (χ1v) is 4.88. The number of halogens is 3. The SMILES string of the molecule is CNC(C)c1cc2c(F)c(F)c(F)cc2[nH]1. The molecule has 0 spiro atoms. The lowest BCUT2D eigenvalue weighted by atomic mass is 10.2. The molecule has 0 amide bonds. The molecule has 0 fully saturated rings. The summed E-state index contributed by atoms with van der Waals surface area (Å²) < 4.78 is 39.3. The highest BCUT2D eigenvalue weighted by Crippen LogP contribution is 2.25. The third kappa shape index (κ3) is 1.57. The Hall–Kier alpha value is -1.49. The van der Waals surface area contributed by atoms with Crippen molar-refractivity contribution in [2.75, 3.05) is 7.05 Å². The van der Waals surface area contributed by atoms with E-state index in [1.165, 1.54) is 6.07 Å². The molecule has 0 aliphatic rings. The van der Waals surface area contributed by atoms with Crippen molar-refractivity contribution in [3.63, 3.8) is 0 Å². The third-order valence-corrected chi connectivity index (χ3v) is 2.68. The van der Waals surface area contributed by atoms with Gasteiger partial charge in [0.15, 0.2) is 17.5 Å². The van der Waals surface area contributed by atoms with Gasteiger partial charge in [0, 0.05) is 23.2 Å². The summed E-state index contributed by atoms with van der Waals surface area (Å²) >= 11 is 0. The van der Waals surface area contributed by atoms with Crippen molar-refractivity contribution in [3.05, 3.63) is 35.3 Å². The van der Waals surface area contributed by atoms with Crippen molar-refractivity contribution in [3.8, 4) is 0 Å². The number of nitrogens with one attached hydrogen (secondary N) is 2. The van der Waals surface area contributed by atoms with E-state index in [0.29, 0.717) is 5.69 Å². The van der Waals surface area contributed by atoms with Crippen LogP contribution in [0.15, 0.2) is 12.1 Å². The van der Waals surface area contributed by atoms with Crippen molar-refractivity contribution in [2.45, 2.75) is 13.0 Å². The minimum Gasteiger partial charge on any atom is -0.357 e. The average molecular weight is 228 g/mol. The number of hydrogen-bond acceptors (Lipinski definition) is 1. The van der Waals surface area contributed by atoms with Gasteiger partial charge in [0.05, 0.1) is 5.52 Å². The van der Waals surface area contributed by atoms with E-state index in [4.69, 9.17) is 0 Å². The van der Waals surface area contributed by atoms with Crippen LogP contribution < -0.4 is 5.32 Å². The summed E-state index contributed by atoms with van der Waals surface area (Å²) in [7, 11) is 1.74. The highest BCUT2D eigenvalue weighted by atomic mass is 19.2. The van der Waals surface area contributed by atoms with Crippen LogP contribution in [0.5, 0.6) is 0 Å². The zero-order valence-electron chi connectivity index (χ0n) is 8.87. The highest BCUT2D eigenvalue weighted by molar-refractivity contribution is 5.81. The highest BCUT2D eigenvalue weighted by Gasteiger charge is 2.16. The number of hydrogen-bond donors (Lipinski definition) is 2. The predicted molar refractivity (Wildman–Crippen MR) is 55.6 cm³/mol. The van der Waals surface area contributed by atoms with Crippen LogP contribution in [-0.2, 0) is 0 Å². The Morgan fingerprint density at radius 3 is 2.50 bits per heavy atom. The lowest BCUT2D eigenvalue weighted by Gasteiger charge is -2.05. The van der Waals surface area contributed by atoms with Crippen molar-refractivity contribution in [1.29, 1.82) is 0 Å². The first-order chi connectivity index (χ1) is 7.54. The standard InChI is InChI=1S/C11H11F3N2/c1-5(15-2)8-3-6-9(16-8)4-7(12)11(14)10(6)13/h3-5,15-16H,1-2H3. The number of aromatic amines is 1. The Kier molecular flexibility index (Phi) is 2.63. The normalized spacial score (nSPS) is 13.3. The minimum absolute atomic E-state index is 0.0436. The maximum atomic E-state index is 13.4. The van der Waals surface area contributed by atoms with Crippen LogP contribution >= 0.6 is 0 Å². The van der Waals surface area contributed by atoms with Crippen LogP contribution in [0, 0.1) is 17.5 Å². The zero-order valence-corrected chi connectivity index (χ0v) is 8.87. The quantitative estimate of drug-likeness (QED) is 0.760. The van der Waals surface area contributed by atoms with Gasteiger partial charge >= 0.3 is 0 Å². The Morgan fingerprint density at radius 1 is 1.19 bits per heavy atom. The van der Waals surface area contributed by atoms with Crippen LogP contribution in [0.25, 0.3) is 10.9 Å². The molecule has 2 rings (SSSR count). The van der Waals surface area contributed by atoms with E-state index in [1.807, 2.05) is 6.92 Å². The van der Waals surface area contributed by atoms with Crippen LogP contribution in [0.1, 0.15) is 18.7 Å². The summed E-state index contributed by atoms with van der Waals surface area (Å²) in [5, 5.41) is 3.02. The number of benzene rings is 1. The van der Waals surface area contributed by atoms with E-state index < -0.39 is 17.5 Å². The largest absolute Gasteiger partial charge is 0.357 e. The second-order valence-corrected chi connectivity index (χ2v) is 3.68. The van der Waals surface area contributed by atoms with Crippen molar-refractivity contribution in [1.82, 2.24) is 10.3 Å². The maximum absolute atomic E-state index is 13.4. The Morgan fingerprint density at radius 2 is 1.88 bits per heavy atom. The molecule has 0 bridgehead atoms. The fourth-order valence-corrected chi connectivity index (χ4v) is 1.59. The fraction of sp³-hybridized carbons (Fsp3) is 0.273. The van der Waals surface area contributed by atoms with Gasteiger partial charge in [0.1, 0.15) is 0 Å². The molecular weight excluding hydrogens is 217 g/mol. The molecule has 5 heteroatoms. The molecule has 1 heterocycles. The van der Waals surface area contributed by atoms with E-state index in [2.05, 4.69) is 10.3 Å². The summed E-state index contributed by atoms with van der Waals surface area (Å²) in [6.07, 6.45) is 0. The van der Waals surface area contributed by atoms with E-state index in [1.54, 1.807) is 7.05 Å². The molecule has 1 atom stereocenters. The summed E-state index contributed by atoms with van der Waals surface area (Å²) in [4.78, 5) is 2.85. The number of aromatic nitrogens is 1. The van der Waals surface area contributed by atoms with E-state index >= 15 is 0 Å². The van der Waals surface area contributed by atoms with Crippen LogP contribution in [-0.4, -0.2) is 12.0 Å². The lowest BCUT2D eigenvalue weighted by molar-refractivity contribution is 0.453. The van der Waals surface area contributed by atoms with Gasteiger partial charge in [-0.2, -0.15) is 0 Å². The predicted octanol–water partition coefficient (Wildman–Crippen LogP) is 2.87. The summed E-state index contributed by atoms with van der Waals surface area (Å²) in [6.45, 7) is 1.86. The van der Waals surface area contributed by atoms with Gasteiger partial charge in [-0.15, -0.1) is 0 Å². The molecule has 86 valence electrons. The molecule has 0 radical (unpaired) electrons. The molecule has 0 aliphatic carbocycles. The van der Waals surface area contributed by atoms with Gasteiger partial charge in [0.25, 0.3) is 0 Å². The molecule has 16 heavy (non-hydrogen) atoms. The molecule has 0 aliphatic heterocycles. The molecule has 1 unspecified atom stereocenters. The lowest BCUT2D eigenvalue weighted by Crippen LogP contribution is -2.12. The van der Waals surface area contributed by atoms with Crippen LogP contribution in [0.2, 0.25) is 0 Å². The Labute approximate surface area is 90.5 Å². The van der Waals surface area contributed by atoms with Gasteiger partial charge in [0.2, 0.25) is 0 Å². The van der Waals surface area contributed by atoms with E-state index in [-0.39, 0.29) is 16.9 Å². The molecule has 0 saturated carbocycles.